The number of rotatable bonds is 4. The van der Waals surface area contributed by atoms with Crippen molar-refractivity contribution in [3.63, 3.8) is 0 Å². The first kappa shape index (κ1) is 16.8. The zero-order valence-electron chi connectivity index (χ0n) is 13.3. The van der Waals surface area contributed by atoms with Crippen LogP contribution >= 0.6 is 23.4 Å². The van der Waals surface area contributed by atoms with Crippen molar-refractivity contribution in [2.75, 3.05) is 6.54 Å². The van der Waals surface area contributed by atoms with Gasteiger partial charge in [0.25, 0.3) is 5.91 Å². The van der Waals surface area contributed by atoms with Crippen LogP contribution in [0.25, 0.3) is 6.08 Å². The summed E-state index contributed by atoms with van der Waals surface area (Å²) in [5.41, 5.74) is 1.68. The van der Waals surface area contributed by atoms with Gasteiger partial charge in [0.2, 0.25) is 0 Å². The molecule has 1 aliphatic heterocycles. The molecule has 0 aliphatic carbocycles. The molecule has 2 aromatic rings. The maximum atomic E-state index is 12.7. The van der Waals surface area contributed by atoms with E-state index < -0.39 is 0 Å². The molecule has 0 N–H and O–H groups in total. The van der Waals surface area contributed by atoms with Crippen LogP contribution in [0.5, 0.6) is 0 Å². The van der Waals surface area contributed by atoms with Gasteiger partial charge in [-0.25, -0.2) is 4.99 Å². The lowest BCUT2D eigenvalue weighted by molar-refractivity contribution is -0.122. The highest BCUT2D eigenvalue weighted by atomic mass is 35.5. The van der Waals surface area contributed by atoms with Gasteiger partial charge in [-0.15, -0.1) is 0 Å². The molecule has 0 unspecified atom stereocenters. The SMILES string of the molecule is CCCN1C(=O)C(=Cc2ccccc2Cl)SC1=Nc1ccccc1. The Morgan fingerprint density at radius 2 is 1.83 bits per heavy atom. The monoisotopic (exact) mass is 356 g/mol. The number of nitrogens with zero attached hydrogens (tertiary/aromatic N) is 2. The minimum atomic E-state index is -0.0172. The summed E-state index contributed by atoms with van der Waals surface area (Å²) < 4.78 is 0. The lowest BCUT2D eigenvalue weighted by Crippen LogP contribution is -2.29. The number of thioether (sulfide) groups is 1. The summed E-state index contributed by atoms with van der Waals surface area (Å²) >= 11 is 7.60. The number of hydrogen-bond donors (Lipinski definition) is 0. The van der Waals surface area contributed by atoms with Crippen molar-refractivity contribution < 1.29 is 4.79 Å². The van der Waals surface area contributed by atoms with E-state index in [0.29, 0.717) is 21.6 Å². The molecular formula is C19H17ClN2OS. The van der Waals surface area contributed by atoms with E-state index in [0.717, 1.165) is 17.7 Å². The van der Waals surface area contributed by atoms with E-state index in [9.17, 15) is 4.79 Å². The normalized spacial score (nSPS) is 17.9. The molecule has 3 nitrogen and oxygen atoms in total. The average molecular weight is 357 g/mol. The second-order valence-corrected chi connectivity index (χ2v) is 6.74. The molecule has 24 heavy (non-hydrogen) atoms. The fourth-order valence-electron chi connectivity index (χ4n) is 2.36. The van der Waals surface area contributed by atoms with Crippen LogP contribution in [0.4, 0.5) is 5.69 Å². The van der Waals surface area contributed by atoms with Crippen molar-refractivity contribution >= 4 is 46.2 Å². The van der Waals surface area contributed by atoms with E-state index in [2.05, 4.69) is 4.99 Å². The largest absolute Gasteiger partial charge is 0.286 e. The third-order valence-corrected chi connectivity index (χ3v) is 4.86. The molecule has 1 aliphatic rings. The van der Waals surface area contributed by atoms with E-state index >= 15 is 0 Å². The van der Waals surface area contributed by atoms with E-state index in [1.807, 2.05) is 67.6 Å². The zero-order chi connectivity index (χ0) is 16.9. The van der Waals surface area contributed by atoms with Crippen LogP contribution in [0, 0.1) is 0 Å². The van der Waals surface area contributed by atoms with Gasteiger partial charge >= 0.3 is 0 Å². The second kappa shape index (κ2) is 7.69. The minimum absolute atomic E-state index is 0.0172. The third-order valence-electron chi connectivity index (χ3n) is 3.51. The highest BCUT2D eigenvalue weighted by molar-refractivity contribution is 8.18. The number of aliphatic imine (C=N–C) groups is 1. The van der Waals surface area contributed by atoms with E-state index in [1.54, 1.807) is 4.90 Å². The number of hydrogen-bond acceptors (Lipinski definition) is 3. The van der Waals surface area contributed by atoms with Gasteiger partial charge in [-0.3, -0.25) is 9.69 Å². The molecule has 0 spiro atoms. The fourth-order valence-corrected chi connectivity index (χ4v) is 3.56. The lowest BCUT2D eigenvalue weighted by Gasteiger charge is -2.13. The highest BCUT2D eigenvalue weighted by Gasteiger charge is 2.32. The Morgan fingerprint density at radius 1 is 1.12 bits per heavy atom. The summed E-state index contributed by atoms with van der Waals surface area (Å²) in [4.78, 5) is 19.7. The van der Waals surface area contributed by atoms with Gasteiger partial charge in [0.15, 0.2) is 5.17 Å². The van der Waals surface area contributed by atoms with Crippen LogP contribution in [0.1, 0.15) is 18.9 Å². The Hall–Kier alpha value is -2.04. The number of carbonyl (C=O) groups is 1. The van der Waals surface area contributed by atoms with Crippen molar-refractivity contribution in [1.82, 2.24) is 4.90 Å². The van der Waals surface area contributed by atoms with E-state index in [-0.39, 0.29) is 5.91 Å². The van der Waals surface area contributed by atoms with Gasteiger partial charge in [0, 0.05) is 11.6 Å². The summed E-state index contributed by atoms with van der Waals surface area (Å²) in [6, 6.07) is 17.2. The summed E-state index contributed by atoms with van der Waals surface area (Å²) in [7, 11) is 0. The summed E-state index contributed by atoms with van der Waals surface area (Å²) in [6.07, 6.45) is 2.71. The molecular weight excluding hydrogens is 340 g/mol. The van der Waals surface area contributed by atoms with E-state index in [1.165, 1.54) is 11.8 Å². The predicted octanol–water partition coefficient (Wildman–Crippen LogP) is 5.35. The minimum Gasteiger partial charge on any atom is -0.286 e. The van der Waals surface area contributed by atoms with Crippen LogP contribution in [0.3, 0.4) is 0 Å². The lowest BCUT2D eigenvalue weighted by atomic mass is 10.2. The molecule has 1 fully saturated rings. The number of amides is 1. The van der Waals surface area contributed by atoms with Gasteiger partial charge in [-0.05, 0) is 48.0 Å². The quantitative estimate of drug-likeness (QED) is 0.691. The Kier molecular flexibility index (Phi) is 5.38. The average Bonchev–Trinajstić information content (AvgIpc) is 2.87. The van der Waals surface area contributed by atoms with Crippen molar-refractivity contribution in [3.05, 3.63) is 70.1 Å². The first-order valence-corrected chi connectivity index (χ1v) is 8.98. The molecule has 3 rings (SSSR count). The van der Waals surface area contributed by atoms with Crippen molar-refractivity contribution in [2.24, 2.45) is 4.99 Å². The van der Waals surface area contributed by atoms with Crippen molar-refractivity contribution in [3.8, 4) is 0 Å². The Balaban J connectivity index is 1.95. The Labute approximate surface area is 151 Å². The number of benzene rings is 2. The molecule has 0 atom stereocenters. The molecule has 1 amide bonds. The van der Waals surface area contributed by atoms with Crippen LogP contribution < -0.4 is 0 Å². The van der Waals surface area contributed by atoms with Crippen LogP contribution in [0.2, 0.25) is 5.02 Å². The molecule has 1 saturated heterocycles. The maximum absolute atomic E-state index is 12.7. The molecule has 5 heteroatoms. The number of amidine groups is 1. The standard InChI is InChI=1S/C19H17ClN2OS/c1-2-12-22-18(23)17(13-14-8-6-7-11-16(14)20)24-19(22)21-15-9-4-3-5-10-15/h3-11,13H,2,12H2,1H3. The smallest absolute Gasteiger partial charge is 0.266 e. The van der Waals surface area contributed by atoms with Gasteiger partial charge in [-0.1, -0.05) is 54.9 Å². The molecule has 122 valence electrons. The molecule has 1 heterocycles. The first-order chi connectivity index (χ1) is 11.7. The number of halogens is 1. The summed E-state index contributed by atoms with van der Waals surface area (Å²) in [5, 5.41) is 1.35. The number of para-hydroxylation sites is 1. The van der Waals surface area contributed by atoms with Crippen LogP contribution in [-0.2, 0) is 4.79 Å². The van der Waals surface area contributed by atoms with Gasteiger partial charge in [0.05, 0.1) is 10.6 Å². The second-order valence-electron chi connectivity index (χ2n) is 5.32. The third kappa shape index (κ3) is 3.71. The fraction of sp³-hybridized carbons (Fsp3) is 0.158. The maximum Gasteiger partial charge on any atom is 0.266 e. The van der Waals surface area contributed by atoms with Crippen molar-refractivity contribution in [2.45, 2.75) is 13.3 Å². The van der Waals surface area contributed by atoms with E-state index in [4.69, 9.17) is 11.6 Å². The Morgan fingerprint density at radius 3 is 2.54 bits per heavy atom. The van der Waals surface area contributed by atoms with Gasteiger partial charge in [0.1, 0.15) is 0 Å². The number of carbonyl (C=O) groups excluding carboxylic acids is 1. The summed E-state index contributed by atoms with van der Waals surface area (Å²) in [6.45, 7) is 2.70. The zero-order valence-corrected chi connectivity index (χ0v) is 14.8. The van der Waals surface area contributed by atoms with Crippen LogP contribution in [-0.4, -0.2) is 22.5 Å². The van der Waals surface area contributed by atoms with Gasteiger partial charge in [-0.2, -0.15) is 0 Å². The molecule has 0 aromatic heterocycles. The van der Waals surface area contributed by atoms with Crippen LogP contribution in [0.15, 0.2) is 64.5 Å². The molecule has 2 aromatic carbocycles. The molecule has 0 bridgehead atoms. The summed E-state index contributed by atoms with van der Waals surface area (Å²) in [5.74, 6) is -0.0172. The molecule has 0 radical (unpaired) electrons. The Bertz CT molecular complexity index is 802. The predicted molar refractivity (Wildman–Crippen MR) is 103 cm³/mol. The first-order valence-electron chi connectivity index (χ1n) is 7.78. The molecule has 0 saturated carbocycles. The van der Waals surface area contributed by atoms with Crippen molar-refractivity contribution in [1.29, 1.82) is 0 Å². The van der Waals surface area contributed by atoms with Gasteiger partial charge < -0.3 is 0 Å². The highest BCUT2D eigenvalue weighted by Crippen LogP contribution is 2.35. The topological polar surface area (TPSA) is 32.7 Å².